The Bertz CT molecular complexity index is 87.3. The third-order valence-electron chi connectivity index (χ3n) is 2.11. The third-order valence-corrected chi connectivity index (χ3v) is 2.42. The fraction of sp³-hybridized carbons (Fsp3) is 1.00. The van der Waals surface area contributed by atoms with E-state index in [-0.39, 0.29) is 0 Å². The van der Waals surface area contributed by atoms with Crippen molar-refractivity contribution in [2.75, 3.05) is 0 Å². The summed E-state index contributed by atoms with van der Waals surface area (Å²) in [5.74, 6) is 0. The molecule has 0 rings (SSSR count). The molecule has 0 radical (unpaired) electrons. The van der Waals surface area contributed by atoms with Gasteiger partial charge in [0.2, 0.25) is 0 Å². The minimum atomic E-state index is 0.348. The van der Waals surface area contributed by atoms with Crippen LogP contribution in [0.2, 0.25) is 0 Å². The zero-order valence-electron chi connectivity index (χ0n) is 7.37. The molecule has 0 amide bonds. The molecule has 0 heterocycles. The molecule has 0 spiro atoms. The van der Waals surface area contributed by atoms with Gasteiger partial charge in [-0.05, 0) is 26.7 Å². The standard InChI is InChI=1S/C8H18IN/c1-5-8(4,6-2)10-7(3)9/h7,10H,5-6H2,1-4H3. The number of hydrogen-bond donors (Lipinski definition) is 1. The van der Waals surface area contributed by atoms with Crippen LogP contribution in [-0.4, -0.2) is 9.59 Å². The molecule has 62 valence electrons. The predicted molar refractivity (Wildman–Crippen MR) is 55.6 cm³/mol. The van der Waals surface area contributed by atoms with Gasteiger partial charge in [-0.25, -0.2) is 0 Å². The van der Waals surface area contributed by atoms with E-state index < -0.39 is 0 Å². The lowest BCUT2D eigenvalue weighted by atomic mass is 9.96. The Kier molecular flexibility index (Phi) is 4.86. The number of halogens is 1. The van der Waals surface area contributed by atoms with E-state index in [4.69, 9.17) is 0 Å². The second-order valence-electron chi connectivity index (χ2n) is 3.03. The predicted octanol–water partition coefficient (Wildman–Crippen LogP) is 2.94. The molecule has 1 nitrogen and oxygen atoms in total. The van der Waals surface area contributed by atoms with Gasteiger partial charge in [0, 0.05) is 5.54 Å². The number of alkyl halides is 1. The van der Waals surface area contributed by atoms with Crippen molar-refractivity contribution in [1.82, 2.24) is 5.32 Å². The van der Waals surface area contributed by atoms with Crippen LogP contribution in [0.5, 0.6) is 0 Å². The first kappa shape index (κ1) is 10.7. The molecular weight excluding hydrogens is 237 g/mol. The highest BCUT2D eigenvalue weighted by atomic mass is 127. The topological polar surface area (TPSA) is 12.0 Å². The van der Waals surface area contributed by atoms with Gasteiger partial charge in [0.1, 0.15) is 0 Å². The highest BCUT2D eigenvalue weighted by molar-refractivity contribution is 14.1. The van der Waals surface area contributed by atoms with E-state index >= 15 is 0 Å². The minimum absolute atomic E-state index is 0.348. The highest BCUT2D eigenvalue weighted by Crippen LogP contribution is 2.15. The molecule has 0 aliphatic carbocycles. The lowest BCUT2D eigenvalue weighted by Gasteiger charge is -2.29. The van der Waals surface area contributed by atoms with E-state index in [1.807, 2.05) is 0 Å². The van der Waals surface area contributed by atoms with Crippen LogP contribution in [0.1, 0.15) is 40.5 Å². The van der Waals surface area contributed by atoms with Crippen LogP contribution in [0, 0.1) is 0 Å². The molecule has 2 heteroatoms. The Hall–Kier alpha value is 0.690. The summed E-state index contributed by atoms with van der Waals surface area (Å²) in [6.45, 7) is 8.93. The van der Waals surface area contributed by atoms with Crippen molar-refractivity contribution in [3.05, 3.63) is 0 Å². The molecule has 0 saturated heterocycles. The Morgan fingerprint density at radius 3 is 1.90 bits per heavy atom. The van der Waals surface area contributed by atoms with Crippen molar-refractivity contribution < 1.29 is 0 Å². The Morgan fingerprint density at radius 2 is 1.80 bits per heavy atom. The van der Waals surface area contributed by atoms with Crippen LogP contribution in [0.3, 0.4) is 0 Å². The van der Waals surface area contributed by atoms with Crippen LogP contribution < -0.4 is 5.32 Å². The minimum Gasteiger partial charge on any atom is -0.300 e. The van der Waals surface area contributed by atoms with Crippen molar-refractivity contribution in [2.45, 2.75) is 50.1 Å². The van der Waals surface area contributed by atoms with Crippen LogP contribution in [0.4, 0.5) is 0 Å². The summed E-state index contributed by atoms with van der Waals surface area (Å²) >= 11 is 2.40. The molecule has 0 bridgehead atoms. The van der Waals surface area contributed by atoms with E-state index in [1.54, 1.807) is 0 Å². The molecule has 10 heavy (non-hydrogen) atoms. The molecule has 0 fully saturated rings. The Balaban J connectivity index is 3.80. The summed E-state index contributed by atoms with van der Waals surface area (Å²) in [5.41, 5.74) is 0.348. The Morgan fingerprint density at radius 1 is 1.40 bits per heavy atom. The SMILES string of the molecule is CCC(C)(CC)NC(C)I. The largest absolute Gasteiger partial charge is 0.300 e. The van der Waals surface area contributed by atoms with Gasteiger partial charge in [0.15, 0.2) is 0 Å². The highest BCUT2D eigenvalue weighted by Gasteiger charge is 2.19. The number of hydrogen-bond acceptors (Lipinski definition) is 1. The third kappa shape index (κ3) is 3.76. The second-order valence-corrected chi connectivity index (χ2v) is 4.90. The smallest absolute Gasteiger partial charge is 0.0569 e. The maximum Gasteiger partial charge on any atom is 0.0569 e. The maximum atomic E-state index is 3.54. The van der Waals surface area contributed by atoms with Gasteiger partial charge in [0.25, 0.3) is 0 Å². The first-order valence-electron chi connectivity index (χ1n) is 3.96. The quantitative estimate of drug-likeness (QED) is 0.462. The fourth-order valence-corrected chi connectivity index (χ4v) is 1.69. The lowest BCUT2D eigenvalue weighted by Crippen LogP contribution is -2.43. The first-order valence-corrected chi connectivity index (χ1v) is 5.20. The van der Waals surface area contributed by atoms with Gasteiger partial charge in [-0.15, -0.1) is 0 Å². The van der Waals surface area contributed by atoms with Crippen molar-refractivity contribution in [2.24, 2.45) is 0 Å². The fourth-order valence-electron chi connectivity index (χ4n) is 0.934. The van der Waals surface area contributed by atoms with Gasteiger partial charge < -0.3 is 5.32 Å². The molecule has 0 aliphatic rings. The summed E-state index contributed by atoms with van der Waals surface area (Å²) in [7, 11) is 0. The van der Waals surface area contributed by atoms with Gasteiger partial charge in [-0.3, -0.25) is 0 Å². The summed E-state index contributed by atoms with van der Waals surface area (Å²) in [6.07, 6.45) is 2.41. The average molecular weight is 255 g/mol. The zero-order chi connectivity index (χ0) is 8.20. The molecule has 1 atom stereocenters. The summed E-state index contributed by atoms with van der Waals surface area (Å²) < 4.78 is 0.572. The molecule has 0 aromatic carbocycles. The normalized spacial score (nSPS) is 15.3. The number of nitrogens with one attached hydrogen (secondary N) is 1. The summed E-state index contributed by atoms with van der Waals surface area (Å²) in [6, 6.07) is 0. The summed E-state index contributed by atoms with van der Waals surface area (Å²) in [4.78, 5) is 0. The maximum absolute atomic E-state index is 3.54. The van der Waals surface area contributed by atoms with Gasteiger partial charge in [0.05, 0.1) is 4.05 Å². The van der Waals surface area contributed by atoms with Crippen LogP contribution in [0.15, 0.2) is 0 Å². The van der Waals surface area contributed by atoms with Crippen molar-refractivity contribution in [1.29, 1.82) is 0 Å². The van der Waals surface area contributed by atoms with Crippen LogP contribution in [0.25, 0.3) is 0 Å². The molecule has 1 unspecified atom stereocenters. The molecule has 0 aromatic heterocycles. The number of rotatable bonds is 4. The Labute approximate surface area is 78.1 Å². The molecule has 0 aromatic rings. The second kappa shape index (κ2) is 4.54. The molecule has 1 N–H and O–H groups in total. The average Bonchev–Trinajstić information content (AvgIpc) is 1.87. The molecule has 0 saturated carbocycles. The van der Waals surface area contributed by atoms with Crippen molar-refractivity contribution in [3.8, 4) is 0 Å². The zero-order valence-corrected chi connectivity index (χ0v) is 9.53. The molecular formula is C8H18IN. The lowest BCUT2D eigenvalue weighted by molar-refractivity contribution is 0.334. The van der Waals surface area contributed by atoms with Gasteiger partial charge >= 0.3 is 0 Å². The van der Waals surface area contributed by atoms with Gasteiger partial charge in [-0.1, -0.05) is 36.4 Å². The first-order chi connectivity index (χ1) is 4.54. The summed E-state index contributed by atoms with van der Waals surface area (Å²) in [5, 5.41) is 3.54. The monoisotopic (exact) mass is 255 g/mol. The van der Waals surface area contributed by atoms with E-state index in [9.17, 15) is 0 Å². The molecule has 0 aliphatic heterocycles. The van der Waals surface area contributed by atoms with Crippen molar-refractivity contribution >= 4 is 22.6 Å². The van der Waals surface area contributed by atoms with E-state index in [0.717, 1.165) is 0 Å². The van der Waals surface area contributed by atoms with E-state index in [1.165, 1.54) is 12.8 Å². The van der Waals surface area contributed by atoms with E-state index in [2.05, 4.69) is 55.6 Å². The van der Waals surface area contributed by atoms with E-state index in [0.29, 0.717) is 9.59 Å². The van der Waals surface area contributed by atoms with Crippen LogP contribution >= 0.6 is 22.6 Å². The van der Waals surface area contributed by atoms with Gasteiger partial charge in [-0.2, -0.15) is 0 Å². The van der Waals surface area contributed by atoms with Crippen molar-refractivity contribution in [3.63, 3.8) is 0 Å². The van der Waals surface area contributed by atoms with Crippen LogP contribution in [-0.2, 0) is 0 Å².